The summed E-state index contributed by atoms with van der Waals surface area (Å²) in [7, 11) is -1.72. The van der Waals surface area contributed by atoms with Gasteiger partial charge >= 0.3 is 6.03 Å². The average Bonchev–Trinajstić information content (AvgIpc) is 3.44. The van der Waals surface area contributed by atoms with Gasteiger partial charge in [0.1, 0.15) is 12.4 Å². The van der Waals surface area contributed by atoms with Gasteiger partial charge in [0.25, 0.3) is 0 Å². The van der Waals surface area contributed by atoms with Crippen molar-refractivity contribution in [1.82, 2.24) is 4.72 Å². The van der Waals surface area contributed by atoms with E-state index in [4.69, 9.17) is 10.5 Å². The number of nitrogens with two attached hydrogens (primary N) is 1. The van der Waals surface area contributed by atoms with Crippen LogP contribution in [0.15, 0.2) is 47.1 Å². The molecule has 4 rings (SSSR count). The quantitative estimate of drug-likeness (QED) is 0.608. The van der Waals surface area contributed by atoms with E-state index in [1.165, 1.54) is 22.3 Å². The molecule has 0 saturated carbocycles. The second-order valence-electron chi connectivity index (χ2n) is 7.79. The number of fused-ring (bicyclic) bond motifs is 2. The number of rotatable bonds is 7. The van der Waals surface area contributed by atoms with Gasteiger partial charge in [-0.05, 0) is 85.0 Å². The van der Waals surface area contributed by atoms with Crippen molar-refractivity contribution in [2.45, 2.75) is 43.4 Å². The van der Waals surface area contributed by atoms with Crippen LogP contribution in [-0.4, -0.2) is 23.4 Å². The molecule has 0 saturated heterocycles. The number of benzene rings is 2. The van der Waals surface area contributed by atoms with Crippen LogP contribution in [0.2, 0.25) is 0 Å². The van der Waals surface area contributed by atoms with Crippen LogP contribution in [0, 0.1) is 0 Å². The number of anilines is 1. The van der Waals surface area contributed by atoms with Gasteiger partial charge in [0.05, 0.1) is 11.2 Å². The number of hydrogen-bond donors (Lipinski definition) is 3. The molecule has 2 aliphatic rings. The van der Waals surface area contributed by atoms with Crippen LogP contribution in [0.5, 0.6) is 5.75 Å². The highest BCUT2D eigenvalue weighted by atomic mass is 32.2. The average molecular weight is 444 g/mol. The van der Waals surface area contributed by atoms with E-state index in [9.17, 15) is 13.4 Å². The highest BCUT2D eigenvalue weighted by molar-refractivity contribution is 7.83. The number of amides is 2. The first-order chi connectivity index (χ1) is 15.1. The van der Waals surface area contributed by atoms with Crippen molar-refractivity contribution in [2.24, 2.45) is 5.73 Å². The Bertz CT molecular complexity index is 1010. The predicted molar refractivity (Wildman–Crippen MR) is 119 cm³/mol. The third kappa shape index (κ3) is 4.80. The number of carbonyl (C=O) groups excluding carboxylic acids is 1. The molecule has 2 aromatic rings. The molecule has 8 heteroatoms. The number of hydrogen-bond acceptors (Lipinski definition) is 4. The number of ether oxygens (including phenoxy) is 1. The van der Waals surface area contributed by atoms with Crippen molar-refractivity contribution in [1.29, 1.82) is 0 Å². The molecule has 0 spiro atoms. The molecule has 0 bridgehead atoms. The van der Waals surface area contributed by atoms with E-state index in [0.29, 0.717) is 22.5 Å². The molecule has 2 aromatic carbocycles. The fourth-order valence-corrected chi connectivity index (χ4v) is 4.94. The molecule has 2 amide bonds. The zero-order valence-corrected chi connectivity index (χ0v) is 18.0. The van der Waals surface area contributed by atoms with Gasteiger partial charge in [0.15, 0.2) is 11.0 Å². The second kappa shape index (κ2) is 9.62. The van der Waals surface area contributed by atoms with Crippen LogP contribution in [-0.2, 0) is 36.7 Å². The Morgan fingerprint density at radius 2 is 1.74 bits per heavy atom. The summed E-state index contributed by atoms with van der Waals surface area (Å²) in [6.07, 6.45) is 6.66. The van der Waals surface area contributed by atoms with Gasteiger partial charge in [-0.3, -0.25) is 4.72 Å². The lowest BCUT2D eigenvalue weighted by Crippen LogP contribution is -2.31. The van der Waals surface area contributed by atoms with E-state index in [1.807, 2.05) is 0 Å². The molecule has 0 radical (unpaired) electrons. The number of halogens is 1. The number of urea groups is 1. The van der Waals surface area contributed by atoms with Gasteiger partial charge in [-0.15, -0.1) is 0 Å². The first-order valence-electron chi connectivity index (χ1n) is 10.5. The third-order valence-corrected chi connectivity index (χ3v) is 6.85. The zero-order valence-electron chi connectivity index (χ0n) is 17.2. The van der Waals surface area contributed by atoms with E-state index in [0.717, 1.165) is 44.2 Å². The van der Waals surface area contributed by atoms with Crippen molar-refractivity contribution in [3.63, 3.8) is 0 Å². The first-order valence-corrected chi connectivity index (χ1v) is 11.6. The van der Waals surface area contributed by atoms with Gasteiger partial charge in [-0.1, -0.05) is 6.07 Å². The minimum atomic E-state index is -1.72. The molecule has 6 nitrogen and oxygen atoms in total. The van der Waals surface area contributed by atoms with E-state index < -0.39 is 17.0 Å². The van der Waals surface area contributed by atoms with E-state index in [1.54, 1.807) is 24.3 Å². The van der Waals surface area contributed by atoms with Gasteiger partial charge in [0, 0.05) is 17.8 Å². The van der Waals surface area contributed by atoms with Gasteiger partial charge in [0.2, 0.25) is 0 Å². The van der Waals surface area contributed by atoms with E-state index in [-0.39, 0.29) is 13.2 Å². The molecule has 31 heavy (non-hydrogen) atoms. The standard InChI is InChI=1S/C23H26FN3O3S/c24-12-15(13-25)14-30-18-7-9-19(10-8-18)31(29)27-23(28)26-22-20-5-1-3-16(20)11-17-4-2-6-21(17)22/h7-12H,1-6,13-14,25H2,(H2,26,27,28)/b15-12+. The first kappa shape index (κ1) is 21.5. The van der Waals surface area contributed by atoms with Gasteiger partial charge in [-0.25, -0.2) is 13.4 Å². The monoisotopic (exact) mass is 443 g/mol. The summed E-state index contributed by atoms with van der Waals surface area (Å²) in [4.78, 5) is 13.0. The number of carbonyl (C=O) groups is 1. The highest BCUT2D eigenvalue weighted by Gasteiger charge is 2.25. The Morgan fingerprint density at radius 3 is 2.32 bits per heavy atom. The highest BCUT2D eigenvalue weighted by Crippen LogP contribution is 2.38. The Labute approximate surface area is 183 Å². The van der Waals surface area contributed by atoms with Crippen molar-refractivity contribution in [3.05, 3.63) is 64.5 Å². The lowest BCUT2D eigenvalue weighted by Gasteiger charge is -2.16. The summed E-state index contributed by atoms with van der Waals surface area (Å²) >= 11 is 0. The van der Waals surface area contributed by atoms with Crippen LogP contribution in [0.1, 0.15) is 35.1 Å². The van der Waals surface area contributed by atoms with Crippen molar-refractivity contribution < 1.29 is 18.1 Å². The summed E-state index contributed by atoms with van der Waals surface area (Å²) in [6, 6.07) is 8.27. The predicted octanol–water partition coefficient (Wildman–Crippen LogP) is 3.70. The topological polar surface area (TPSA) is 93.4 Å². The molecular weight excluding hydrogens is 417 g/mol. The van der Waals surface area contributed by atoms with E-state index >= 15 is 0 Å². The van der Waals surface area contributed by atoms with Crippen molar-refractivity contribution in [3.8, 4) is 5.75 Å². The Kier molecular flexibility index (Phi) is 6.67. The Morgan fingerprint density at radius 1 is 1.10 bits per heavy atom. The Hall–Kier alpha value is -2.71. The summed E-state index contributed by atoms with van der Waals surface area (Å²) in [5.41, 5.74) is 11.8. The normalized spacial score (nSPS) is 15.9. The molecule has 2 aliphatic carbocycles. The number of aryl methyl sites for hydroxylation is 2. The summed E-state index contributed by atoms with van der Waals surface area (Å²) < 4.78 is 33.1. The van der Waals surface area contributed by atoms with Crippen LogP contribution >= 0.6 is 0 Å². The molecule has 1 unspecified atom stereocenters. The van der Waals surface area contributed by atoms with Crippen molar-refractivity contribution >= 4 is 22.7 Å². The fraction of sp³-hybridized carbons (Fsp3) is 0.348. The van der Waals surface area contributed by atoms with Crippen LogP contribution in [0.25, 0.3) is 0 Å². The number of nitrogens with one attached hydrogen (secondary N) is 2. The molecule has 164 valence electrons. The smallest absolute Gasteiger partial charge is 0.331 e. The Balaban J connectivity index is 1.39. The fourth-order valence-electron chi connectivity index (χ4n) is 4.22. The maximum absolute atomic E-state index is 12.6. The lowest BCUT2D eigenvalue weighted by molar-refractivity contribution is 0.257. The SMILES string of the molecule is NC/C(=C\F)COc1ccc(S(=O)NC(=O)Nc2c3c(cc4c2CCC4)CCC3)cc1. The minimum absolute atomic E-state index is 0.0435. The van der Waals surface area contributed by atoms with Crippen LogP contribution in [0.4, 0.5) is 14.9 Å². The summed E-state index contributed by atoms with van der Waals surface area (Å²) in [5.74, 6) is 0.494. The summed E-state index contributed by atoms with van der Waals surface area (Å²) in [5, 5.41) is 2.98. The van der Waals surface area contributed by atoms with Gasteiger partial charge < -0.3 is 15.8 Å². The molecule has 1 atom stereocenters. The largest absolute Gasteiger partial charge is 0.489 e. The summed E-state index contributed by atoms with van der Waals surface area (Å²) in [6.45, 7) is 0.118. The maximum atomic E-state index is 12.6. The van der Waals surface area contributed by atoms with Crippen LogP contribution < -0.4 is 20.5 Å². The van der Waals surface area contributed by atoms with Crippen molar-refractivity contribution in [2.75, 3.05) is 18.5 Å². The minimum Gasteiger partial charge on any atom is -0.489 e. The van der Waals surface area contributed by atoms with E-state index in [2.05, 4.69) is 16.1 Å². The second-order valence-corrected chi connectivity index (χ2v) is 9.00. The molecule has 0 heterocycles. The molecule has 4 N–H and O–H groups in total. The molecule has 0 fully saturated rings. The molecular formula is C23H26FN3O3S. The maximum Gasteiger partial charge on any atom is 0.331 e. The third-order valence-electron chi connectivity index (χ3n) is 5.78. The molecule has 0 aliphatic heterocycles. The van der Waals surface area contributed by atoms with Crippen LogP contribution in [0.3, 0.4) is 0 Å². The van der Waals surface area contributed by atoms with Gasteiger partial charge in [-0.2, -0.15) is 0 Å². The lowest BCUT2D eigenvalue weighted by atomic mass is 9.99. The molecule has 0 aromatic heterocycles. The zero-order chi connectivity index (χ0) is 21.8.